The van der Waals surface area contributed by atoms with Crippen molar-refractivity contribution in [1.82, 2.24) is 21.3 Å². The molecular formula is C46H61N7O4. The summed E-state index contributed by atoms with van der Waals surface area (Å²) in [6.45, 7) is 7.10. The number of fused-ring (bicyclic) bond motifs is 5. The molecule has 3 aromatic rings. The maximum Gasteiger partial charge on any atom is 0.319 e. The van der Waals surface area contributed by atoms with E-state index >= 15 is 0 Å². The summed E-state index contributed by atoms with van der Waals surface area (Å²) in [5.41, 5.74) is 1.90. The fourth-order valence-electron chi connectivity index (χ4n) is 12.0. The maximum absolute atomic E-state index is 13.9. The average molecular weight is 776 g/mol. The normalized spacial score (nSPS) is 31.9. The summed E-state index contributed by atoms with van der Waals surface area (Å²) in [5.74, 6) is 1.47. The second-order valence-corrected chi connectivity index (χ2v) is 17.7. The third-order valence-corrected chi connectivity index (χ3v) is 14.8. The molecule has 0 unspecified atom stereocenters. The van der Waals surface area contributed by atoms with Gasteiger partial charge in [-0.2, -0.15) is 0 Å². The first-order valence-electron chi connectivity index (χ1n) is 21.1. The first-order valence-corrected chi connectivity index (χ1v) is 21.1. The topological polar surface area (TPSA) is 152 Å². The van der Waals surface area contributed by atoms with Crippen LogP contribution in [0, 0.1) is 46.3 Å². The molecule has 7 rings (SSSR count). The minimum Gasteiger partial charge on any atom is -0.359 e. The highest BCUT2D eigenvalue weighted by Crippen LogP contribution is 2.68. The lowest BCUT2D eigenvalue weighted by Crippen LogP contribution is -2.68. The van der Waals surface area contributed by atoms with Crippen LogP contribution in [0.5, 0.6) is 0 Å². The summed E-state index contributed by atoms with van der Waals surface area (Å²) in [7, 11) is 1.69. The van der Waals surface area contributed by atoms with Gasteiger partial charge in [0.2, 0.25) is 5.91 Å². The fourth-order valence-corrected chi connectivity index (χ4v) is 12.0. The Morgan fingerprint density at radius 1 is 0.667 bits per heavy atom. The molecule has 0 aromatic heterocycles. The third-order valence-electron chi connectivity index (χ3n) is 14.8. The van der Waals surface area contributed by atoms with Crippen molar-refractivity contribution < 1.29 is 19.2 Å². The monoisotopic (exact) mass is 775 g/mol. The zero-order chi connectivity index (χ0) is 40.2. The average Bonchev–Trinajstić information content (AvgIpc) is 3.56. The van der Waals surface area contributed by atoms with Gasteiger partial charge in [-0.05, 0) is 134 Å². The molecule has 0 radical (unpaired) electrons. The SMILES string of the molecule is CNC(=O)CC[C@@H](C)[C@H]1CC[C@H]2[C@@H]3[C@H](NC(=O)Nc4ccccc4)C[C@@H]4C[C@H](NC(=O)Nc5ccccc5)CC[C@]4(C)[C@H]3C[C@H](NC(=O)Nc3ccccc3)[C@]12C. The largest absolute Gasteiger partial charge is 0.359 e. The summed E-state index contributed by atoms with van der Waals surface area (Å²) in [6, 6.07) is 27.8. The Hall–Kier alpha value is -5.06. The zero-order valence-electron chi connectivity index (χ0n) is 33.9. The fraction of sp³-hybridized carbons (Fsp3) is 0.522. The van der Waals surface area contributed by atoms with Crippen LogP contribution in [-0.4, -0.2) is 49.2 Å². The van der Waals surface area contributed by atoms with Crippen LogP contribution in [0.15, 0.2) is 91.0 Å². The molecule has 7 N–H and O–H groups in total. The van der Waals surface area contributed by atoms with Gasteiger partial charge in [0.15, 0.2) is 0 Å². The van der Waals surface area contributed by atoms with Crippen LogP contribution < -0.4 is 37.2 Å². The van der Waals surface area contributed by atoms with Gasteiger partial charge in [-0.1, -0.05) is 75.4 Å². The summed E-state index contributed by atoms with van der Waals surface area (Å²) < 4.78 is 0. The lowest BCUT2D eigenvalue weighted by atomic mass is 9.42. The van der Waals surface area contributed by atoms with Crippen LogP contribution in [0.1, 0.15) is 78.6 Å². The predicted molar refractivity (Wildman–Crippen MR) is 226 cm³/mol. The van der Waals surface area contributed by atoms with Gasteiger partial charge < -0.3 is 37.2 Å². The van der Waals surface area contributed by atoms with Crippen molar-refractivity contribution in [3.05, 3.63) is 91.0 Å². The van der Waals surface area contributed by atoms with Gasteiger partial charge >= 0.3 is 18.1 Å². The van der Waals surface area contributed by atoms with Crippen molar-refractivity contribution in [3.63, 3.8) is 0 Å². The number of para-hydroxylation sites is 3. The van der Waals surface area contributed by atoms with Crippen molar-refractivity contribution in [1.29, 1.82) is 0 Å². The first kappa shape index (κ1) is 40.1. The Balaban J connectivity index is 1.19. The van der Waals surface area contributed by atoms with Gasteiger partial charge in [-0.25, -0.2) is 14.4 Å². The van der Waals surface area contributed by atoms with E-state index < -0.39 is 0 Å². The number of rotatable bonds is 10. The number of hydrogen-bond donors (Lipinski definition) is 7. The Morgan fingerprint density at radius 3 is 1.77 bits per heavy atom. The molecule has 4 fully saturated rings. The number of benzene rings is 3. The quantitative estimate of drug-likeness (QED) is 0.110. The summed E-state index contributed by atoms with van der Waals surface area (Å²) in [6.07, 6.45) is 7.46. The third kappa shape index (κ3) is 8.62. The van der Waals surface area contributed by atoms with Crippen LogP contribution in [0.3, 0.4) is 0 Å². The number of amides is 7. The molecule has 11 heteroatoms. The van der Waals surface area contributed by atoms with Crippen molar-refractivity contribution in [2.45, 2.75) is 96.7 Å². The Kier molecular flexibility index (Phi) is 12.1. The van der Waals surface area contributed by atoms with Gasteiger partial charge in [0.25, 0.3) is 0 Å². The molecular weight excluding hydrogens is 715 g/mol. The number of nitrogens with one attached hydrogen (secondary N) is 7. The highest BCUT2D eigenvalue weighted by atomic mass is 16.2. The van der Waals surface area contributed by atoms with Crippen LogP contribution in [0.25, 0.3) is 0 Å². The molecule has 11 atom stereocenters. The molecule has 7 amide bonds. The Labute approximate surface area is 337 Å². The maximum atomic E-state index is 13.9. The number of carbonyl (C=O) groups is 4. The van der Waals surface area contributed by atoms with Crippen LogP contribution in [0.4, 0.5) is 31.4 Å². The van der Waals surface area contributed by atoms with E-state index in [4.69, 9.17) is 0 Å². The van der Waals surface area contributed by atoms with E-state index in [1.54, 1.807) is 7.05 Å². The molecule has 304 valence electrons. The second kappa shape index (κ2) is 17.2. The lowest BCUT2D eigenvalue weighted by Gasteiger charge is -2.65. The van der Waals surface area contributed by atoms with E-state index in [1.165, 1.54) is 0 Å². The molecule has 0 bridgehead atoms. The van der Waals surface area contributed by atoms with E-state index in [0.717, 1.165) is 68.4 Å². The lowest BCUT2D eigenvalue weighted by molar-refractivity contribution is -0.140. The first-order chi connectivity index (χ1) is 27.5. The second-order valence-electron chi connectivity index (χ2n) is 17.7. The summed E-state index contributed by atoms with van der Waals surface area (Å²) in [4.78, 5) is 53.5. The molecule has 0 aliphatic heterocycles. The smallest absolute Gasteiger partial charge is 0.319 e. The van der Waals surface area contributed by atoms with Gasteiger partial charge in [0.05, 0.1) is 0 Å². The number of hydrogen-bond acceptors (Lipinski definition) is 4. The summed E-state index contributed by atoms with van der Waals surface area (Å²) >= 11 is 0. The molecule has 0 spiro atoms. The molecule has 4 aliphatic rings. The highest BCUT2D eigenvalue weighted by molar-refractivity contribution is 5.90. The zero-order valence-corrected chi connectivity index (χ0v) is 33.9. The number of anilines is 3. The van der Waals surface area contributed by atoms with E-state index in [1.807, 2.05) is 91.0 Å². The van der Waals surface area contributed by atoms with E-state index in [2.05, 4.69) is 58.0 Å². The molecule has 0 saturated heterocycles. The van der Waals surface area contributed by atoms with Gasteiger partial charge in [-0.15, -0.1) is 0 Å². The Bertz CT molecular complexity index is 1860. The molecule has 3 aromatic carbocycles. The van der Waals surface area contributed by atoms with E-state index in [9.17, 15) is 19.2 Å². The van der Waals surface area contributed by atoms with Crippen molar-refractivity contribution in [3.8, 4) is 0 Å². The van der Waals surface area contributed by atoms with Gasteiger partial charge in [-0.3, -0.25) is 4.79 Å². The summed E-state index contributed by atoms with van der Waals surface area (Å²) in [5, 5.41) is 22.3. The number of carbonyl (C=O) groups excluding carboxylic acids is 4. The van der Waals surface area contributed by atoms with Crippen LogP contribution in [0.2, 0.25) is 0 Å². The molecule has 4 aliphatic carbocycles. The minimum absolute atomic E-state index is 0.00130. The van der Waals surface area contributed by atoms with Crippen molar-refractivity contribution >= 4 is 41.1 Å². The highest BCUT2D eigenvalue weighted by Gasteiger charge is 2.66. The Morgan fingerprint density at radius 2 is 1.21 bits per heavy atom. The van der Waals surface area contributed by atoms with E-state index in [-0.39, 0.29) is 88.5 Å². The molecule has 57 heavy (non-hydrogen) atoms. The van der Waals surface area contributed by atoms with Gasteiger partial charge in [0.1, 0.15) is 0 Å². The predicted octanol–water partition coefficient (Wildman–Crippen LogP) is 8.60. The van der Waals surface area contributed by atoms with Crippen molar-refractivity contribution in [2.75, 3.05) is 23.0 Å². The standard InChI is InChI=1S/C46H61N7O4/c1-29(20-23-40(54)47-4)35-21-22-36-41-37(28-39(46(35,36)3)53-44(57)50-33-18-12-7-13-19-33)45(2)25-24-34(51-42(55)48-31-14-8-5-9-15-31)26-30(45)27-38(41)52-43(56)49-32-16-10-6-11-17-32/h5-19,29-30,34-39,41H,20-28H2,1-4H3,(H,47,54)(H2,48,51,55)(H2,49,52,56)(H2,50,53,57)/t29-,30+,34-,35-,36+,37+,38-,39+,41+,45+,46-/m1/s1. The van der Waals surface area contributed by atoms with Crippen LogP contribution in [-0.2, 0) is 4.79 Å². The molecule has 11 nitrogen and oxygen atoms in total. The molecule has 4 saturated carbocycles. The minimum atomic E-state index is -0.273. The number of urea groups is 3. The molecule has 0 heterocycles. The van der Waals surface area contributed by atoms with Crippen molar-refractivity contribution in [2.24, 2.45) is 46.3 Å². The van der Waals surface area contributed by atoms with E-state index in [0.29, 0.717) is 6.42 Å². The van der Waals surface area contributed by atoms with Gasteiger partial charge in [0, 0.05) is 48.7 Å². The van der Waals surface area contributed by atoms with Crippen LogP contribution >= 0.6 is 0 Å².